The zero-order valence-electron chi connectivity index (χ0n) is 12.5. The molecular weight excluding hydrogens is 255 g/mol. The molecular formula is C14H23BN2O3. The zero-order chi connectivity index (χ0) is 14.2. The number of aromatic nitrogens is 2. The average Bonchev–Trinajstić information content (AvgIpc) is 2.87. The van der Waals surface area contributed by atoms with E-state index in [4.69, 9.17) is 14.0 Å². The molecule has 3 rings (SSSR count). The van der Waals surface area contributed by atoms with E-state index in [0.717, 1.165) is 31.3 Å². The molecule has 0 saturated carbocycles. The van der Waals surface area contributed by atoms with Gasteiger partial charge in [0.2, 0.25) is 0 Å². The topological polar surface area (TPSA) is 45.5 Å². The van der Waals surface area contributed by atoms with Crippen LogP contribution in [0.4, 0.5) is 0 Å². The van der Waals surface area contributed by atoms with Gasteiger partial charge in [0.25, 0.3) is 0 Å². The van der Waals surface area contributed by atoms with Crippen LogP contribution in [0.1, 0.15) is 52.7 Å². The molecule has 2 unspecified atom stereocenters. The van der Waals surface area contributed by atoms with Gasteiger partial charge in [-0.25, -0.2) is 4.68 Å². The van der Waals surface area contributed by atoms with Crippen molar-refractivity contribution in [3.63, 3.8) is 0 Å². The van der Waals surface area contributed by atoms with Crippen LogP contribution in [0.25, 0.3) is 0 Å². The van der Waals surface area contributed by atoms with Crippen LogP contribution in [-0.2, 0) is 14.0 Å². The van der Waals surface area contributed by atoms with Crippen molar-refractivity contribution in [1.82, 2.24) is 9.78 Å². The Bertz CT molecular complexity index is 457. The molecule has 0 aromatic carbocycles. The normalized spacial score (nSPS) is 30.4. The molecule has 0 bridgehead atoms. The summed E-state index contributed by atoms with van der Waals surface area (Å²) >= 11 is 0. The molecule has 2 atom stereocenters. The maximum Gasteiger partial charge on any atom is 0.497 e. The van der Waals surface area contributed by atoms with E-state index in [1.54, 1.807) is 0 Å². The number of ether oxygens (including phenoxy) is 1. The Morgan fingerprint density at radius 2 is 2.25 bits per heavy atom. The maximum atomic E-state index is 6.01. The fourth-order valence-corrected chi connectivity index (χ4v) is 3.03. The van der Waals surface area contributed by atoms with Crippen molar-refractivity contribution in [2.75, 3.05) is 6.61 Å². The van der Waals surface area contributed by atoms with Crippen molar-refractivity contribution in [1.29, 1.82) is 0 Å². The molecule has 1 aromatic rings. The van der Waals surface area contributed by atoms with Crippen molar-refractivity contribution in [2.24, 2.45) is 0 Å². The van der Waals surface area contributed by atoms with Crippen molar-refractivity contribution in [3.8, 4) is 0 Å². The highest BCUT2D eigenvalue weighted by Crippen LogP contribution is 2.26. The first kappa shape index (κ1) is 14.1. The molecule has 0 radical (unpaired) electrons. The van der Waals surface area contributed by atoms with E-state index in [9.17, 15) is 0 Å². The second-order valence-electron chi connectivity index (χ2n) is 6.44. The van der Waals surface area contributed by atoms with Gasteiger partial charge in [0.05, 0.1) is 5.60 Å². The van der Waals surface area contributed by atoms with E-state index in [2.05, 4.69) is 25.9 Å². The third-order valence-corrected chi connectivity index (χ3v) is 3.91. The summed E-state index contributed by atoms with van der Waals surface area (Å²) in [5.74, 6) is 0. The van der Waals surface area contributed by atoms with Gasteiger partial charge in [0, 0.05) is 30.6 Å². The van der Waals surface area contributed by atoms with Crippen LogP contribution in [-0.4, -0.2) is 35.2 Å². The number of nitrogens with zero attached hydrogens (tertiary/aromatic N) is 2. The summed E-state index contributed by atoms with van der Waals surface area (Å²) in [4.78, 5) is 0. The van der Waals surface area contributed by atoms with Gasteiger partial charge >= 0.3 is 7.12 Å². The van der Waals surface area contributed by atoms with Crippen LogP contribution < -0.4 is 5.46 Å². The first-order valence-corrected chi connectivity index (χ1v) is 7.52. The smallest absolute Gasteiger partial charge is 0.405 e. The fraction of sp³-hybridized carbons (Fsp3) is 0.786. The number of hydrogen-bond donors (Lipinski definition) is 0. The van der Waals surface area contributed by atoms with Gasteiger partial charge in [-0.3, -0.25) is 0 Å². The molecule has 2 aliphatic heterocycles. The van der Waals surface area contributed by atoms with Crippen LogP contribution in [0.15, 0.2) is 12.4 Å². The maximum absolute atomic E-state index is 6.01. The first-order valence-electron chi connectivity index (χ1n) is 7.52. The Hall–Kier alpha value is -0.845. The van der Waals surface area contributed by atoms with Crippen LogP contribution in [0, 0.1) is 0 Å². The van der Waals surface area contributed by atoms with E-state index in [1.807, 2.05) is 17.1 Å². The quantitative estimate of drug-likeness (QED) is 0.775. The summed E-state index contributed by atoms with van der Waals surface area (Å²) in [6, 6.07) is 0. The van der Waals surface area contributed by atoms with E-state index in [0.29, 0.717) is 0 Å². The van der Waals surface area contributed by atoms with E-state index in [1.165, 1.54) is 6.42 Å². The average molecular weight is 278 g/mol. The molecule has 6 heteroatoms. The van der Waals surface area contributed by atoms with Gasteiger partial charge in [0.1, 0.15) is 6.23 Å². The van der Waals surface area contributed by atoms with Gasteiger partial charge in [-0.05, 0) is 46.5 Å². The first-order chi connectivity index (χ1) is 9.53. The molecule has 0 N–H and O–H groups in total. The molecule has 0 spiro atoms. The summed E-state index contributed by atoms with van der Waals surface area (Å²) < 4.78 is 19.5. The molecule has 20 heavy (non-hydrogen) atoms. The molecule has 2 aliphatic rings. The van der Waals surface area contributed by atoms with Crippen molar-refractivity contribution in [3.05, 3.63) is 12.4 Å². The molecule has 0 aliphatic carbocycles. The molecule has 5 nitrogen and oxygen atoms in total. The van der Waals surface area contributed by atoms with Gasteiger partial charge in [-0.2, -0.15) is 5.10 Å². The van der Waals surface area contributed by atoms with Crippen molar-refractivity contribution >= 4 is 12.6 Å². The Kier molecular flexibility index (Phi) is 3.88. The number of hydrogen-bond acceptors (Lipinski definition) is 4. The fourth-order valence-electron chi connectivity index (χ4n) is 3.03. The predicted molar refractivity (Wildman–Crippen MR) is 76.8 cm³/mol. The SMILES string of the molecule is CC1CC(C)(C)OB(c2cnn(C3CCCCO3)c2)O1. The van der Waals surface area contributed by atoms with E-state index < -0.39 is 0 Å². The molecule has 2 saturated heterocycles. The van der Waals surface area contributed by atoms with E-state index in [-0.39, 0.29) is 25.1 Å². The number of rotatable bonds is 2. The highest BCUT2D eigenvalue weighted by atomic mass is 16.6. The van der Waals surface area contributed by atoms with Crippen LogP contribution in [0.3, 0.4) is 0 Å². The lowest BCUT2D eigenvalue weighted by Gasteiger charge is -2.37. The minimum absolute atomic E-state index is 0.0616. The Morgan fingerprint density at radius 3 is 2.95 bits per heavy atom. The third kappa shape index (κ3) is 3.08. The van der Waals surface area contributed by atoms with E-state index >= 15 is 0 Å². The molecule has 110 valence electrons. The van der Waals surface area contributed by atoms with Gasteiger partial charge < -0.3 is 14.0 Å². The summed E-state index contributed by atoms with van der Waals surface area (Å²) in [5.41, 5.74) is 0.810. The lowest BCUT2D eigenvalue weighted by atomic mass is 9.77. The highest BCUT2D eigenvalue weighted by Gasteiger charge is 2.39. The minimum atomic E-state index is -0.328. The van der Waals surface area contributed by atoms with Crippen LogP contribution in [0.5, 0.6) is 0 Å². The monoisotopic (exact) mass is 278 g/mol. The van der Waals surface area contributed by atoms with Gasteiger partial charge in [-0.15, -0.1) is 0 Å². The largest absolute Gasteiger partial charge is 0.497 e. The van der Waals surface area contributed by atoms with Crippen molar-refractivity contribution < 1.29 is 14.0 Å². The lowest BCUT2D eigenvalue weighted by molar-refractivity contribution is -0.0395. The summed E-state index contributed by atoms with van der Waals surface area (Å²) in [6.07, 6.45) is 8.35. The van der Waals surface area contributed by atoms with Gasteiger partial charge in [0.15, 0.2) is 0 Å². The summed E-state index contributed by atoms with van der Waals surface area (Å²) in [7, 11) is -0.328. The Morgan fingerprint density at radius 1 is 1.40 bits per heavy atom. The molecule has 3 heterocycles. The van der Waals surface area contributed by atoms with Crippen LogP contribution >= 0.6 is 0 Å². The van der Waals surface area contributed by atoms with Crippen molar-refractivity contribution in [2.45, 2.75) is 64.4 Å². The summed E-state index contributed by atoms with van der Waals surface area (Å²) in [6.45, 7) is 7.12. The molecule has 1 aromatic heterocycles. The zero-order valence-corrected chi connectivity index (χ0v) is 12.5. The Labute approximate surface area is 120 Å². The second-order valence-corrected chi connectivity index (χ2v) is 6.44. The molecule has 0 amide bonds. The third-order valence-electron chi connectivity index (χ3n) is 3.91. The standard InChI is InChI=1S/C14H23BN2O3/c1-11-8-14(2,3)20-15(19-11)12-9-16-17(10-12)13-6-4-5-7-18-13/h9-11,13H,4-8H2,1-3H3. The minimum Gasteiger partial charge on any atom is -0.405 e. The predicted octanol–water partition coefficient (Wildman–Crippen LogP) is 1.88. The summed E-state index contributed by atoms with van der Waals surface area (Å²) in [5, 5.41) is 4.42. The van der Waals surface area contributed by atoms with Gasteiger partial charge in [-0.1, -0.05) is 0 Å². The molecule has 2 fully saturated rings. The lowest BCUT2D eigenvalue weighted by Crippen LogP contribution is -2.51. The Balaban J connectivity index is 1.72. The highest BCUT2D eigenvalue weighted by molar-refractivity contribution is 6.61. The van der Waals surface area contributed by atoms with Crippen LogP contribution in [0.2, 0.25) is 0 Å². The second kappa shape index (κ2) is 5.50.